The number of hydrogen-bond donors (Lipinski definition) is 2. The summed E-state index contributed by atoms with van der Waals surface area (Å²) in [5, 5.41) is 4.01. The Balaban J connectivity index is 2.02. The van der Waals surface area contributed by atoms with Crippen molar-refractivity contribution < 1.29 is 9.59 Å². The summed E-state index contributed by atoms with van der Waals surface area (Å²) >= 11 is 0. The molecule has 1 aliphatic rings. The molecule has 0 atom stereocenters. The molecule has 4 aromatic rings. The Labute approximate surface area is 136 Å². The van der Waals surface area contributed by atoms with Crippen LogP contribution in [-0.4, -0.2) is 21.8 Å². The van der Waals surface area contributed by atoms with Gasteiger partial charge in [0.05, 0.1) is 16.8 Å². The number of benzene rings is 2. The van der Waals surface area contributed by atoms with E-state index in [2.05, 4.69) is 15.3 Å². The van der Waals surface area contributed by atoms with E-state index in [1.54, 1.807) is 0 Å². The maximum Gasteiger partial charge on any atom is 0.277 e. The molecule has 0 fully saturated rings. The van der Waals surface area contributed by atoms with Gasteiger partial charge in [0.15, 0.2) is 0 Å². The van der Waals surface area contributed by atoms with Crippen LogP contribution in [0.1, 0.15) is 20.8 Å². The van der Waals surface area contributed by atoms with Crippen molar-refractivity contribution in [3.63, 3.8) is 0 Å². The largest absolute Gasteiger partial charge is 0.353 e. The SMILES string of the molecule is O=C1NC(=O)c2c1nc(-c1ccccc1)c1[nH]c3ccccc3c21. The first-order valence-electron chi connectivity index (χ1n) is 7.59. The van der Waals surface area contributed by atoms with E-state index in [-0.39, 0.29) is 5.69 Å². The van der Waals surface area contributed by atoms with Gasteiger partial charge in [0.25, 0.3) is 11.8 Å². The summed E-state index contributed by atoms with van der Waals surface area (Å²) in [4.78, 5) is 32.3. The first-order chi connectivity index (χ1) is 11.7. The number of pyridine rings is 1. The minimum atomic E-state index is -0.445. The Kier molecular flexibility index (Phi) is 2.45. The maximum absolute atomic E-state index is 12.3. The molecule has 0 saturated heterocycles. The minimum absolute atomic E-state index is 0.191. The molecule has 1 aliphatic heterocycles. The van der Waals surface area contributed by atoms with E-state index in [1.807, 2.05) is 54.6 Å². The van der Waals surface area contributed by atoms with Crippen molar-refractivity contribution in [2.24, 2.45) is 0 Å². The summed E-state index contributed by atoms with van der Waals surface area (Å²) in [5.74, 6) is -0.837. The fourth-order valence-electron chi connectivity index (χ4n) is 3.34. The smallest absolute Gasteiger partial charge is 0.277 e. The summed E-state index contributed by atoms with van der Waals surface area (Å²) in [7, 11) is 0. The molecule has 2 amide bonds. The highest BCUT2D eigenvalue weighted by molar-refractivity contribution is 6.30. The molecule has 0 bridgehead atoms. The monoisotopic (exact) mass is 313 g/mol. The Morgan fingerprint density at radius 3 is 2.38 bits per heavy atom. The number of hydrogen-bond acceptors (Lipinski definition) is 3. The fourth-order valence-corrected chi connectivity index (χ4v) is 3.34. The molecular formula is C19H11N3O2. The van der Waals surface area contributed by atoms with Gasteiger partial charge in [0.2, 0.25) is 0 Å². The maximum atomic E-state index is 12.3. The van der Waals surface area contributed by atoms with Crippen molar-refractivity contribution in [2.75, 3.05) is 0 Å². The molecule has 2 aromatic heterocycles. The third kappa shape index (κ3) is 1.61. The zero-order chi connectivity index (χ0) is 16.3. The van der Waals surface area contributed by atoms with Crippen LogP contribution in [0.4, 0.5) is 0 Å². The molecule has 5 nitrogen and oxygen atoms in total. The number of H-pyrrole nitrogens is 1. The lowest BCUT2D eigenvalue weighted by molar-refractivity contribution is 0.0878. The number of aromatic amines is 1. The van der Waals surface area contributed by atoms with Gasteiger partial charge in [-0.3, -0.25) is 14.9 Å². The molecule has 2 aromatic carbocycles. The lowest BCUT2D eigenvalue weighted by atomic mass is 10.0. The van der Waals surface area contributed by atoms with E-state index < -0.39 is 11.8 Å². The molecule has 0 unspecified atom stereocenters. The number of aromatic nitrogens is 2. The highest BCUT2D eigenvalue weighted by Crippen LogP contribution is 2.36. The van der Waals surface area contributed by atoms with E-state index in [0.717, 1.165) is 27.4 Å². The van der Waals surface area contributed by atoms with Gasteiger partial charge in [0.1, 0.15) is 5.69 Å². The second-order valence-electron chi connectivity index (χ2n) is 5.75. The van der Waals surface area contributed by atoms with Gasteiger partial charge in [-0.1, -0.05) is 48.5 Å². The average molecular weight is 313 g/mol. The van der Waals surface area contributed by atoms with Crippen LogP contribution in [0, 0.1) is 0 Å². The molecule has 24 heavy (non-hydrogen) atoms. The molecule has 0 spiro atoms. The molecule has 5 heteroatoms. The quantitative estimate of drug-likeness (QED) is 0.530. The van der Waals surface area contributed by atoms with E-state index in [1.165, 1.54) is 0 Å². The lowest BCUT2D eigenvalue weighted by Gasteiger charge is -2.06. The average Bonchev–Trinajstić information content (AvgIpc) is 3.12. The van der Waals surface area contributed by atoms with Gasteiger partial charge < -0.3 is 4.98 Å². The van der Waals surface area contributed by atoms with E-state index in [4.69, 9.17) is 0 Å². The number of nitrogens with zero attached hydrogens (tertiary/aromatic N) is 1. The number of para-hydroxylation sites is 1. The van der Waals surface area contributed by atoms with Crippen molar-refractivity contribution in [3.8, 4) is 11.3 Å². The number of carbonyl (C=O) groups excluding carboxylic acids is 2. The van der Waals surface area contributed by atoms with Gasteiger partial charge in [-0.05, 0) is 6.07 Å². The highest BCUT2D eigenvalue weighted by Gasteiger charge is 2.33. The number of nitrogens with one attached hydrogen (secondary N) is 2. The van der Waals surface area contributed by atoms with Crippen molar-refractivity contribution >= 4 is 33.6 Å². The summed E-state index contributed by atoms with van der Waals surface area (Å²) in [5.41, 5.74) is 3.79. The van der Waals surface area contributed by atoms with E-state index in [0.29, 0.717) is 11.3 Å². The van der Waals surface area contributed by atoms with Gasteiger partial charge in [-0.25, -0.2) is 4.98 Å². The molecule has 0 radical (unpaired) electrons. The zero-order valence-corrected chi connectivity index (χ0v) is 12.5. The number of imide groups is 1. The predicted octanol–water partition coefficient (Wildman–Crippen LogP) is 3.27. The molecule has 0 saturated carbocycles. The van der Waals surface area contributed by atoms with Crippen LogP contribution >= 0.6 is 0 Å². The Morgan fingerprint density at radius 1 is 0.792 bits per heavy atom. The lowest BCUT2D eigenvalue weighted by Crippen LogP contribution is -2.20. The number of rotatable bonds is 1. The Morgan fingerprint density at radius 2 is 1.54 bits per heavy atom. The third-order valence-electron chi connectivity index (χ3n) is 4.37. The second kappa shape index (κ2) is 4.52. The number of amides is 2. The normalized spacial score (nSPS) is 13.5. The predicted molar refractivity (Wildman–Crippen MR) is 90.8 cm³/mol. The first kappa shape index (κ1) is 13.0. The summed E-state index contributed by atoms with van der Waals surface area (Å²) in [6.45, 7) is 0. The third-order valence-corrected chi connectivity index (χ3v) is 4.37. The summed E-state index contributed by atoms with van der Waals surface area (Å²) in [6, 6.07) is 17.4. The molecule has 0 aliphatic carbocycles. The minimum Gasteiger partial charge on any atom is -0.353 e. The van der Waals surface area contributed by atoms with Crippen LogP contribution in [0.3, 0.4) is 0 Å². The zero-order valence-electron chi connectivity index (χ0n) is 12.5. The summed E-state index contributed by atoms with van der Waals surface area (Å²) < 4.78 is 0. The van der Waals surface area contributed by atoms with Gasteiger partial charge >= 0.3 is 0 Å². The highest BCUT2D eigenvalue weighted by atomic mass is 16.2. The van der Waals surface area contributed by atoms with E-state index in [9.17, 15) is 9.59 Å². The van der Waals surface area contributed by atoms with Crippen molar-refractivity contribution in [1.82, 2.24) is 15.3 Å². The molecule has 5 rings (SSSR count). The number of fused-ring (bicyclic) bond motifs is 5. The second-order valence-corrected chi connectivity index (χ2v) is 5.75. The van der Waals surface area contributed by atoms with Crippen LogP contribution in [-0.2, 0) is 0 Å². The van der Waals surface area contributed by atoms with Gasteiger partial charge in [-0.15, -0.1) is 0 Å². The van der Waals surface area contributed by atoms with Crippen LogP contribution < -0.4 is 5.32 Å². The van der Waals surface area contributed by atoms with Crippen LogP contribution in [0.2, 0.25) is 0 Å². The molecular weight excluding hydrogens is 302 g/mol. The van der Waals surface area contributed by atoms with E-state index >= 15 is 0 Å². The Bertz CT molecular complexity index is 1160. The van der Waals surface area contributed by atoms with Crippen LogP contribution in [0.25, 0.3) is 33.1 Å². The fraction of sp³-hybridized carbons (Fsp3) is 0. The van der Waals surface area contributed by atoms with Crippen molar-refractivity contribution in [1.29, 1.82) is 0 Å². The summed E-state index contributed by atoms with van der Waals surface area (Å²) in [6.07, 6.45) is 0. The molecule has 2 N–H and O–H groups in total. The number of carbonyl (C=O) groups is 2. The molecule has 3 heterocycles. The first-order valence-corrected chi connectivity index (χ1v) is 7.59. The van der Waals surface area contributed by atoms with Crippen LogP contribution in [0.5, 0.6) is 0 Å². The Hall–Kier alpha value is -3.47. The standard InChI is InChI=1S/C19H11N3O2/c23-18-14-13-11-8-4-5-9-12(11)20-16(13)15(10-6-2-1-3-7-10)21-17(14)19(24)22-18/h1-9,20H,(H,22,23,24). The van der Waals surface area contributed by atoms with Crippen LogP contribution in [0.15, 0.2) is 54.6 Å². The van der Waals surface area contributed by atoms with Crippen molar-refractivity contribution in [3.05, 3.63) is 65.9 Å². The van der Waals surface area contributed by atoms with Gasteiger partial charge in [-0.2, -0.15) is 0 Å². The molecule has 114 valence electrons. The van der Waals surface area contributed by atoms with Crippen molar-refractivity contribution in [2.45, 2.75) is 0 Å². The topological polar surface area (TPSA) is 74.8 Å². The van der Waals surface area contributed by atoms with Gasteiger partial charge in [0, 0.05) is 21.9 Å².